The van der Waals surface area contributed by atoms with Crippen LogP contribution in [0.5, 0.6) is 5.75 Å². The van der Waals surface area contributed by atoms with Gasteiger partial charge in [0.2, 0.25) is 10.0 Å². The quantitative estimate of drug-likeness (QED) is 0.663. The van der Waals surface area contributed by atoms with E-state index in [9.17, 15) is 13.2 Å². The summed E-state index contributed by atoms with van der Waals surface area (Å²) in [6.07, 6.45) is 0. The van der Waals surface area contributed by atoms with Crippen LogP contribution < -0.4 is 14.8 Å². The maximum absolute atomic E-state index is 12.2. The molecule has 0 aromatic heterocycles. The average molecular weight is 431 g/mol. The number of ether oxygens (including phenoxy) is 1. The van der Waals surface area contributed by atoms with Gasteiger partial charge in [-0.3, -0.25) is 4.79 Å². The first-order chi connectivity index (χ1) is 12.7. The number of carbonyl (C=O) groups excluding carboxylic acids is 1. The zero-order valence-electron chi connectivity index (χ0n) is 14.8. The van der Waals surface area contributed by atoms with E-state index in [2.05, 4.69) is 10.0 Å². The van der Waals surface area contributed by atoms with Gasteiger partial charge in [-0.05, 0) is 42.3 Å². The number of carbonyl (C=O) groups is 1. The smallest absolute Gasteiger partial charge is 0.262 e. The third-order valence-electron chi connectivity index (χ3n) is 3.36. The molecule has 0 unspecified atom stereocenters. The number of rotatable bonds is 8. The van der Waals surface area contributed by atoms with E-state index >= 15 is 0 Å². The van der Waals surface area contributed by atoms with Crippen LogP contribution in [0.4, 0.5) is 5.69 Å². The van der Waals surface area contributed by atoms with Crippen LogP contribution in [-0.4, -0.2) is 27.5 Å². The lowest BCUT2D eigenvalue weighted by Gasteiger charge is -2.12. The van der Waals surface area contributed by atoms with Crippen LogP contribution in [0.2, 0.25) is 10.0 Å². The highest BCUT2D eigenvalue weighted by molar-refractivity contribution is 7.89. The molecule has 0 aliphatic heterocycles. The standard InChI is InChI=1S/C18H20Cl2N2O4S/c1-12(2)10-21-27(24,25)15-6-7-17(16(20)9-15)26-11-18(23)22-14-5-3-4-13(19)8-14/h3-9,12,21H,10-11H2,1-2H3,(H,22,23). The summed E-state index contributed by atoms with van der Waals surface area (Å²) < 4.78 is 32.3. The number of hydrogen-bond donors (Lipinski definition) is 2. The van der Waals surface area contributed by atoms with Crippen LogP contribution >= 0.6 is 23.2 Å². The Hall–Kier alpha value is -1.80. The van der Waals surface area contributed by atoms with E-state index < -0.39 is 15.9 Å². The predicted molar refractivity (Wildman–Crippen MR) is 107 cm³/mol. The molecule has 0 heterocycles. The van der Waals surface area contributed by atoms with E-state index in [1.165, 1.54) is 18.2 Å². The van der Waals surface area contributed by atoms with Crippen LogP contribution in [0.25, 0.3) is 0 Å². The van der Waals surface area contributed by atoms with Crippen molar-refractivity contribution in [2.45, 2.75) is 18.7 Å². The van der Waals surface area contributed by atoms with Crippen molar-refractivity contribution in [2.24, 2.45) is 5.92 Å². The number of sulfonamides is 1. The zero-order valence-corrected chi connectivity index (χ0v) is 17.2. The van der Waals surface area contributed by atoms with Gasteiger partial charge < -0.3 is 10.1 Å². The molecule has 0 saturated carbocycles. The van der Waals surface area contributed by atoms with Crippen LogP contribution in [0.1, 0.15) is 13.8 Å². The van der Waals surface area contributed by atoms with Crippen molar-refractivity contribution in [2.75, 3.05) is 18.5 Å². The molecular formula is C18H20Cl2N2O4S. The highest BCUT2D eigenvalue weighted by Crippen LogP contribution is 2.27. The fourth-order valence-corrected chi connectivity index (χ4v) is 3.76. The van der Waals surface area contributed by atoms with E-state index in [0.717, 1.165) is 0 Å². The van der Waals surface area contributed by atoms with Crippen molar-refractivity contribution in [3.05, 3.63) is 52.5 Å². The highest BCUT2D eigenvalue weighted by atomic mass is 35.5. The summed E-state index contributed by atoms with van der Waals surface area (Å²) in [6.45, 7) is 3.84. The molecule has 1 amide bonds. The van der Waals surface area contributed by atoms with Crippen molar-refractivity contribution < 1.29 is 17.9 Å². The van der Waals surface area contributed by atoms with Crippen molar-refractivity contribution in [3.8, 4) is 5.75 Å². The van der Waals surface area contributed by atoms with Crippen LogP contribution in [0.15, 0.2) is 47.4 Å². The minimum atomic E-state index is -3.65. The Morgan fingerprint density at radius 2 is 1.89 bits per heavy atom. The second-order valence-electron chi connectivity index (χ2n) is 6.19. The van der Waals surface area contributed by atoms with Crippen LogP contribution in [0.3, 0.4) is 0 Å². The Morgan fingerprint density at radius 1 is 1.15 bits per heavy atom. The Kier molecular flexibility index (Phi) is 7.49. The first-order valence-electron chi connectivity index (χ1n) is 8.15. The van der Waals surface area contributed by atoms with Gasteiger partial charge in [-0.2, -0.15) is 0 Å². The molecule has 0 aliphatic rings. The molecule has 146 valence electrons. The number of halogens is 2. The fourth-order valence-electron chi connectivity index (χ4n) is 2.03. The Morgan fingerprint density at radius 3 is 2.52 bits per heavy atom. The van der Waals surface area contributed by atoms with Gasteiger partial charge >= 0.3 is 0 Å². The molecule has 0 fully saturated rings. The molecule has 6 nitrogen and oxygen atoms in total. The largest absolute Gasteiger partial charge is 0.482 e. The van der Waals surface area contributed by atoms with E-state index in [1.807, 2.05) is 13.8 Å². The lowest BCUT2D eigenvalue weighted by atomic mass is 10.2. The van der Waals surface area contributed by atoms with Gasteiger partial charge in [0.25, 0.3) is 5.91 Å². The maximum atomic E-state index is 12.2. The minimum Gasteiger partial charge on any atom is -0.482 e. The van der Waals surface area contributed by atoms with Crippen molar-refractivity contribution in [3.63, 3.8) is 0 Å². The summed E-state index contributed by atoms with van der Waals surface area (Å²) in [5.74, 6) is -0.0137. The summed E-state index contributed by atoms with van der Waals surface area (Å²) >= 11 is 12.0. The maximum Gasteiger partial charge on any atom is 0.262 e. The van der Waals surface area contributed by atoms with E-state index in [4.69, 9.17) is 27.9 Å². The molecule has 0 spiro atoms. The first kappa shape index (κ1) is 21.5. The molecule has 0 saturated heterocycles. The molecule has 27 heavy (non-hydrogen) atoms. The second-order valence-corrected chi connectivity index (χ2v) is 8.80. The normalized spacial score (nSPS) is 11.4. The van der Waals surface area contributed by atoms with Gasteiger partial charge in [0.1, 0.15) is 5.75 Å². The topological polar surface area (TPSA) is 84.5 Å². The van der Waals surface area contributed by atoms with Crippen molar-refractivity contribution >= 4 is 44.8 Å². The molecule has 2 aromatic rings. The van der Waals surface area contributed by atoms with Crippen molar-refractivity contribution in [1.82, 2.24) is 4.72 Å². The Labute approximate surface area is 168 Å². The number of amides is 1. The van der Waals surface area contributed by atoms with Gasteiger partial charge in [-0.25, -0.2) is 13.1 Å². The molecule has 0 radical (unpaired) electrons. The van der Waals surface area contributed by atoms with Crippen molar-refractivity contribution in [1.29, 1.82) is 0 Å². The highest BCUT2D eigenvalue weighted by Gasteiger charge is 2.16. The lowest BCUT2D eigenvalue weighted by Crippen LogP contribution is -2.27. The summed E-state index contributed by atoms with van der Waals surface area (Å²) in [7, 11) is -3.65. The third-order valence-corrected chi connectivity index (χ3v) is 5.31. The molecule has 0 atom stereocenters. The Balaban J connectivity index is 1.98. The van der Waals surface area contributed by atoms with Gasteiger partial charge in [-0.1, -0.05) is 43.1 Å². The summed E-state index contributed by atoms with van der Waals surface area (Å²) in [5.41, 5.74) is 0.542. The molecule has 2 N–H and O–H groups in total. The van der Waals surface area contributed by atoms with Gasteiger partial charge in [0.15, 0.2) is 6.61 Å². The summed E-state index contributed by atoms with van der Waals surface area (Å²) in [4.78, 5) is 12.0. The number of benzene rings is 2. The van der Waals surface area contributed by atoms with Gasteiger partial charge in [0, 0.05) is 17.3 Å². The third kappa shape index (κ3) is 6.70. The van der Waals surface area contributed by atoms with E-state index in [-0.39, 0.29) is 28.2 Å². The molecule has 0 bridgehead atoms. The number of anilines is 1. The number of hydrogen-bond acceptors (Lipinski definition) is 4. The molecule has 2 aromatic carbocycles. The first-order valence-corrected chi connectivity index (χ1v) is 10.4. The SMILES string of the molecule is CC(C)CNS(=O)(=O)c1ccc(OCC(=O)Nc2cccc(Cl)c2)c(Cl)c1. The van der Waals surface area contributed by atoms with E-state index in [0.29, 0.717) is 17.3 Å². The lowest BCUT2D eigenvalue weighted by molar-refractivity contribution is -0.118. The zero-order chi connectivity index (χ0) is 20.0. The second kappa shape index (κ2) is 9.41. The minimum absolute atomic E-state index is 0.0314. The van der Waals surface area contributed by atoms with Crippen LogP contribution in [-0.2, 0) is 14.8 Å². The Bertz CT molecular complexity index is 917. The molecule has 9 heteroatoms. The summed E-state index contributed by atoms with van der Waals surface area (Å²) in [6, 6.07) is 10.8. The summed E-state index contributed by atoms with van der Waals surface area (Å²) in [5, 5.41) is 3.23. The van der Waals surface area contributed by atoms with Gasteiger partial charge in [0.05, 0.1) is 9.92 Å². The molecular weight excluding hydrogens is 411 g/mol. The van der Waals surface area contributed by atoms with Gasteiger partial charge in [-0.15, -0.1) is 0 Å². The number of nitrogens with one attached hydrogen (secondary N) is 2. The molecule has 2 rings (SSSR count). The average Bonchev–Trinajstić information content (AvgIpc) is 2.59. The van der Waals surface area contributed by atoms with Crippen LogP contribution in [0, 0.1) is 5.92 Å². The molecule has 0 aliphatic carbocycles. The van der Waals surface area contributed by atoms with E-state index in [1.54, 1.807) is 24.3 Å². The monoisotopic (exact) mass is 430 g/mol. The predicted octanol–water partition coefficient (Wildman–Crippen LogP) is 3.95. The fraction of sp³-hybridized carbons (Fsp3) is 0.278.